The molecule has 0 unspecified atom stereocenters. The minimum absolute atomic E-state index is 0.670. The zero-order valence-electron chi connectivity index (χ0n) is 11.7. The lowest BCUT2D eigenvalue weighted by atomic mass is 9.95. The fraction of sp³-hybridized carbons (Fsp3) is 0.467. The van der Waals surface area contributed by atoms with E-state index in [-0.39, 0.29) is 0 Å². The Bertz CT molecular complexity index is 567. The van der Waals surface area contributed by atoms with Crippen molar-refractivity contribution in [3.8, 4) is 0 Å². The number of hydrogen-bond donors (Lipinski definition) is 1. The molecular formula is C15H18ClN3OS. The van der Waals surface area contributed by atoms with Gasteiger partial charge >= 0.3 is 0 Å². The first-order valence-electron chi connectivity index (χ1n) is 7.20. The van der Waals surface area contributed by atoms with Gasteiger partial charge in [0, 0.05) is 16.3 Å². The molecule has 0 aliphatic carbocycles. The maximum atomic E-state index is 5.87. The number of hydrogen-bond acceptors (Lipinski definition) is 5. The SMILES string of the molecule is Clc1ccc(SCc2noc(CC3CCNCC3)n2)cc1. The van der Waals surface area contributed by atoms with Crippen LogP contribution in [0.15, 0.2) is 33.7 Å². The topological polar surface area (TPSA) is 51.0 Å². The van der Waals surface area contributed by atoms with Crippen LogP contribution < -0.4 is 5.32 Å². The third kappa shape index (κ3) is 4.46. The Kier molecular flexibility index (Phi) is 5.17. The van der Waals surface area contributed by atoms with Crippen LogP contribution in [0.2, 0.25) is 5.02 Å². The lowest BCUT2D eigenvalue weighted by Crippen LogP contribution is -2.28. The van der Waals surface area contributed by atoms with Gasteiger partial charge in [0.2, 0.25) is 5.89 Å². The van der Waals surface area contributed by atoms with E-state index in [1.807, 2.05) is 24.3 Å². The van der Waals surface area contributed by atoms with Crippen molar-refractivity contribution in [3.05, 3.63) is 41.0 Å². The lowest BCUT2D eigenvalue weighted by molar-refractivity contribution is 0.312. The number of rotatable bonds is 5. The van der Waals surface area contributed by atoms with Gasteiger partial charge in [0.15, 0.2) is 5.82 Å². The zero-order chi connectivity index (χ0) is 14.5. The lowest BCUT2D eigenvalue weighted by Gasteiger charge is -2.20. The fourth-order valence-corrected chi connectivity index (χ4v) is 3.31. The Hall–Kier alpha value is -1.04. The molecule has 1 aliphatic heterocycles. The molecule has 1 aliphatic rings. The summed E-state index contributed by atoms with van der Waals surface area (Å²) in [5.74, 6) is 2.92. The maximum Gasteiger partial charge on any atom is 0.226 e. The molecule has 0 bridgehead atoms. The van der Waals surface area contributed by atoms with Gasteiger partial charge in [0.05, 0.1) is 5.75 Å². The number of benzene rings is 1. The molecule has 6 heteroatoms. The number of nitrogens with one attached hydrogen (secondary N) is 1. The van der Waals surface area contributed by atoms with Gasteiger partial charge in [-0.3, -0.25) is 0 Å². The van der Waals surface area contributed by atoms with E-state index < -0.39 is 0 Å². The van der Waals surface area contributed by atoms with Gasteiger partial charge in [-0.05, 0) is 56.1 Å². The molecular weight excluding hydrogens is 306 g/mol. The summed E-state index contributed by atoms with van der Waals surface area (Å²) < 4.78 is 5.36. The van der Waals surface area contributed by atoms with Crippen LogP contribution in [0.1, 0.15) is 24.6 Å². The van der Waals surface area contributed by atoms with Gasteiger partial charge in [0.25, 0.3) is 0 Å². The summed E-state index contributed by atoms with van der Waals surface area (Å²) in [6.07, 6.45) is 3.29. The van der Waals surface area contributed by atoms with Crippen LogP contribution in [0.25, 0.3) is 0 Å². The van der Waals surface area contributed by atoms with Crippen LogP contribution in [-0.2, 0) is 12.2 Å². The summed E-state index contributed by atoms with van der Waals surface area (Å²) in [6, 6.07) is 7.79. The summed E-state index contributed by atoms with van der Waals surface area (Å²) in [7, 11) is 0. The third-order valence-electron chi connectivity index (χ3n) is 3.61. The highest BCUT2D eigenvalue weighted by atomic mass is 35.5. The molecule has 0 spiro atoms. The largest absolute Gasteiger partial charge is 0.339 e. The summed E-state index contributed by atoms with van der Waals surface area (Å²) >= 11 is 7.56. The highest BCUT2D eigenvalue weighted by Crippen LogP contribution is 2.24. The molecule has 0 amide bonds. The van der Waals surface area contributed by atoms with Crippen molar-refractivity contribution in [1.29, 1.82) is 0 Å². The van der Waals surface area contributed by atoms with Crippen LogP contribution in [0.3, 0.4) is 0 Å². The number of piperidine rings is 1. The second kappa shape index (κ2) is 7.29. The van der Waals surface area contributed by atoms with Gasteiger partial charge in [-0.1, -0.05) is 16.8 Å². The van der Waals surface area contributed by atoms with Gasteiger partial charge < -0.3 is 9.84 Å². The van der Waals surface area contributed by atoms with E-state index in [0.717, 1.165) is 46.9 Å². The van der Waals surface area contributed by atoms with Gasteiger partial charge in [-0.25, -0.2) is 0 Å². The predicted octanol–water partition coefficient (Wildman–Crippen LogP) is 3.56. The van der Waals surface area contributed by atoms with E-state index in [1.54, 1.807) is 11.8 Å². The van der Waals surface area contributed by atoms with Crippen LogP contribution >= 0.6 is 23.4 Å². The van der Waals surface area contributed by atoms with Crippen LogP contribution in [0.4, 0.5) is 0 Å². The zero-order valence-corrected chi connectivity index (χ0v) is 13.3. The standard InChI is InChI=1S/C15H18ClN3OS/c16-12-1-3-13(4-2-12)21-10-14-18-15(20-19-14)9-11-5-7-17-8-6-11/h1-4,11,17H,5-10H2. The second-order valence-electron chi connectivity index (χ2n) is 5.24. The summed E-state index contributed by atoms with van der Waals surface area (Å²) in [6.45, 7) is 2.19. The summed E-state index contributed by atoms with van der Waals surface area (Å²) in [5.41, 5.74) is 0. The van der Waals surface area contributed by atoms with Crippen molar-refractivity contribution in [3.63, 3.8) is 0 Å². The Morgan fingerprint density at radius 2 is 2.00 bits per heavy atom. The molecule has 1 fully saturated rings. The molecule has 21 heavy (non-hydrogen) atoms. The van der Waals surface area contributed by atoms with Crippen molar-refractivity contribution in [2.45, 2.75) is 29.9 Å². The molecule has 0 radical (unpaired) electrons. The molecule has 1 aromatic carbocycles. The smallest absolute Gasteiger partial charge is 0.226 e. The van der Waals surface area contributed by atoms with Crippen LogP contribution in [-0.4, -0.2) is 23.2 Å². The molecule has 0 atom stereocenters. The van der Waals surface area contributed by atoms with Crippen molar-refractivity contribution in [1.82, 2.24) is 15.5 Å². The average molecular weight is 324 g/mol. The van der Waals surface area contributed by atoms with E-state index in [0.29, 0.717) is 5.92 Å². The normalized spacial score (nSPS) is 16.2. The molecule has 3 rings (SSSR count). The molecule has 1 N–H and O–H groups in total. The van der Waals surface area contributed by atoms with Crippen molar-refractivity contribution in [2.24, 2.45) is 5.92 Å². The molecule has 4 nitrogen and oxygen atoms in total. The van der Waals surface area contributed by atoms with Crippen LogP contribution in [0, 0.1) is 5.92 Å². The molecule has 112 valence electrons. The second-order valence-corrected chi connectivity index (χ2v) is 6.73. The quantitative estimate of drug-likeness (QED) is 0.853. The maximum absolute atomic E-state index is 5.87. The first kappa shape index (κ1) is 14.9. The number of aromatic nitrogens is 2. The van der Waals surface area contributed by atoms with E-state index in [1.165, 1.54) is 12.8 Å². The van der Waals surface area contributed by atoms with E-state index >= 15 is 0 Å². The van der Waals surface area contributed by atoms with Gasteiger partial charge in [0.1, 0.15) is 0 Å². The van der Waals surface area contributed by atoms with Crippen LogP contribution in [0.5, 0.6) is 0 Å². The number of thioether (sulfide) groups is 1. The molecule has 1 saturated heterocycles. The summed E-state index contributed by atoms with van der Waals surface area (Å²) in [5, 5.41) is 8.19. The Balaban J connectivity index is 1.51. The first-order chi connectivity index (χ1) is 10.3. The first-order valence-corrected chi connectivity index (χ1v) is 8.56. The number of nitrogens with zero attached hydrogens (tertiary/aromatic N) is 2. The van der Waals surface area contributed by atoms with E-state index in [9.17, 15) is 0 Å². The Morgan fingerprint density at radius 3 is 2.76 bits per heavy atom. The van der Waals surface area contributed by atoms with Crippen molar-refractivity contribution in [2.75, 3.05) is 13.1 Å². The molecule has 2 heterocycles. The molecule has 0 saturated carbocycles. The minimum atomic E-state index is 0.670. The Labute approximate surface area is 133 Å². The summed E-state index contributed by atoms with van der Waals surface area (Å²) in [4.78, 5) is 5.65. The molecule has 2 aromatic rings. The average Bonchev–Trinajstić information content (AvgIpc) is 2.95. The van der Waals surface area contributed by atoms with Crippen molar-refractivity contribution < 1.29 is 4.52 Å². The number of halogens is 1. The van der Waals surface area contributed by atoms with Crippen molar-refractivity contribution >= 4 is 23.4 Å². The van der Waals surface area contributed by atoms with Gasteiger partial charge in [-0.15, -0.1) is 11.8 Å². The predicted molar refractivity (Wildman–Crippen MR) is 84.6 cm³/mol. The monoisotopic (exact) mass is 323 g/mol. The minimum Gasteiger partial charge on any atom is -0.339 e. The van der Waals surface area contributed by atoms with E-state index in [4.69, 9.17) is 16.1 Å². The van der Waals surface area contributed by atoms with Gasteiger partial charge in [-0.2, -0.15) is 4.98 Å². The highest BCUT2D eigenvalue weighted by Gasteiger charge is 2.17. The Morgan fingerprint density at radius 1 is 1.24 bits per heavy atom. The molecule has 1 aromatic heterocycles. The van der Waals surface area contributed by atoms with E-state index in [2.05, 4.69) is 15.5 Å². The highest BCUT2D eigenvalue weighted by molar-refractivity contribution is 7.98. The third-order valence-corrected chi connectivity index (χ3v) is 4.87. The fourth-order valence-electron chi connectivity index (χ4n) is 2.44.